The van der Waals surface area contributed by atoms with Gasteiger partial charge in [-0.2, -0.15) is 10.2 Å². The number of carboxylic acid groups (broad SMARTS) is 1. The maximum absolute atomic E-state index is 8.78. The standard InChI is InChI=1S/C9H16N10S2.CH3NO2/c1-4-2-5(20-7(16-12)17-13)3-9(11,6(4)10)21-8(18-14)19-15;2-1(3)4/h2-3,6,12,14H,10-11,13,15H2,1H3;2H2,(H,3,4). The van der Waals surface area contributed by atoms with Crippen molar-refractivity contribution in [2.45, 2.75) is 17.8 Å². The minimum atomic E-state index is -1.33. The lowest BCUT2D eigenvalue weighted by Crippen LogP contribution is -2.53. The molecule has 0 spiro atoms. The molecule has 0 aliphatic heterocycles. The minimum absolute atomic E-state index is 0.00106. The van der Waals surface area contributed by atoms with E-state index >= 15 is 0 Å². The van der Waals surface area contributed by atoms with Crippen molar-refractivity contribution in [1.29, 1.82) is 11.1 Å². The Balaban J connectivity index is 0.00000129. The van der Waals surface area contributed by atoms with Crippen LogP contribution in [0.2, 0.25) is 0 Å². The van der Waals surface area contributed by atoms with Gasteiger partial charge in [-0.25, -0.2) is 15.9 Å². The van der Waals surface area contributed by atoms with Gasteiger partial charge < -0.3 is 34.0 Å². The van der Waals surface area contributed by atoms with Gasteiger partial charge in [0.2, 0.25) is 10.3 Å². The van der Waals surface area contributed by atoms with Crippen LogP contribution >= 0.6 is 23.5 Å². The van der Waals surface area contributed by atoms with Gasteiger partial charge >= 0.3 is 6.09 Å². The van der Waals surface area contributed by atoms with Crippen LogP contribution in [0.25, 0.3) is 0 Å². The summed E-state index contributed by atoms with van der Waals surface area (Å²) in [5, 5.41) is 20.4. The van der Waals surface area contributed by atoms with Crippen molar-refractivity contribution in [3.8, 4) is 0 Å². The zero-order valence-electron chi connectivity index (χ0n) is 13.1. The quantitative estimate of drug-likeness (QED) is 0.0816. The van der Waals surface area contributed by atoms with Crippen LogP contribution in [0.1, 0.15) is 6.92 Å². The molecule has 0 saturated heterocycles. The van der Waals surface area contributed by atoms with E-state index < -0.39 is 17.0 Å². The first kappa shape index (κ1) is 22.5. The zero-order chi connectivity index (χ0) is 19.6. The van der Waals surface area contributed by atoms with Gasteiger partial charge in [0.1, 0.15) is 4.87 Å². The molecular weight excluding hydrogens is 370 g/mol. The third-order valence-corrected chi connectivity index (χ3v) is 4.56. The van der Waals surface area contributed by atoms with E-state index in [1.807, 2.05) is 6.92 Å². The van der Waals surface area contributed by atoms with E-state index in [9.17, 15) is 0 Å². The molecule has 0 radical (unpaired) electrons. The minimum Gasteiger partial charge on any atom is -0.465 e. The summed E-state index contributed by atoms with van der Waals surface area (Å²) in [5.41, 5.74) is 31.1. The molecule has 0 bridgehead atoms. The van der Waals surface area contributed by atoms with Gasteiger partial charge in [-0.1, -0.05) is 17.3 Å². The van der Waals surface area contributed by atoms with Crippen LogP contribution in [0, 0.1) is 11.1 Å². The predicted octanol–water partition coefficient (Wildman–Crippen LogP) is 0.423. The van der Waals surface area contributed by atoms with Gasteiger partial charge in [0, 0.05) is 4.91 Å². The van der Waals surface area contributed by atoms with E-state index in [1.54, 1.807) is 12.2 Å². The van der Waals surface area contributed by atoms with Crippen LogP contribution in [0.15, 0.2) is 43.1 Å². The molecule has 0 heterocycles. The number of rotatable bonds is 2. The third kappa shape index (κ3) is 7.29. The van der Waals surface area contributed by atoms with Crippen LogP contribution in [0.5, 0.6) is 0 Å². The molecular formula is C10H19N11O2S2. The summed E-state index contributed by atoms with van der Waals surface area (Å²) in [4.78, 5) is 8.36. The summed E-state index contributed by atoms with van der Waals surface area (Å²) in [5.74, 6) is 10.3. The first-order valence-electron chi connectivity index (χ1n) is 6.25. The number of nitrogens with one attached hydrogen (secondary N) is 2. The topological polar surface area (TPSA) is 265 Å². The highest BCUT2D eigenvalue weighted by molar-refractivity contribution is 8.17. The SMILES string of the molecule is CC1=CC(SC(N=N)=NN)=CC(N)(SC(N=N)=NN)C1N.NC(=O)O. The van der Waals surface area contributed by atoms with Gasteiger partial charge in [0.25, 0.3) is 0 Å². The Morgan fingerprint density at radius 1 is 1.28 bits per heavy atom. The Bertz CT molecular complexity index is 641. The molecule has 138 valence electrons. The molecule has 1 aliphatic carbocycles. The Hall–Kier alpha value is -2.49. The van der Waals surface area contributed by atoms with Crippen LogP contribution in [0.3, 0.4) is 0 Å². The molecule has 2 atom stereocenters. The van der Waals surface area contributed by atoms with Gasteiger partial charge in [-0.05, 0) is 30.8 Å². The number of hydrogen-bond acceptors (Lipinski definition) is 11. The summed E-state index contributed by atoms with van der Waals surface area (Å²) in [6, 6.07) is -0.517. The summed E-state index contributed by atoms with van der Waals surface area (Å²) >= 11 is 2.04. The average molecular weight is 389 g/mol. The highest BCUT2D eigenvalue weighted by atomic mass is 32.2. The molecule has 0 aromatic rings. The van der Waals surface area contributed by atoms with Crippen molar-refractivity contribution < 1.29 is 9.90 Å². The van der Waals surface area contributed by atoms with E-state index in [-0.39, 0.29) is 10.3 Å². The van der Waals surface area contributed by atoms with Gasteiger partial charge in [-0.3, -0.25) is 0 Å². The number of nitrogens with zero attached hydrogens (tertiary/aromatic N) is 4. The van der Waals surface area contributed by atoms with Crippen molar-refractivity contribution in [2.75, 3.05) is 0 Å². The van der Waals surface area contributed by atoms with Crippen molar-refractivity contribution in [3.63, 3.8) is 0 Å². The number of allylic oxidation sites excluding steroid dienone is 1. The Morgan fingerprint density at radius 3 is 2.16 bits per heavy atom. The number of amides is 1. The maximum atomic E-state index is 8.78. The molecule has 1 amide bonds. The summed E-state index contributed by atoms with van der Waals surface area (Å²) < 4.78 is 0. The van der Waals surface area contributed by atoms with Crippen LogP contribution < -0.4 is 28.9 Å². The monoisotopic (exact) mass is 389 g/mol. The lowest BCUT2D eigenvalue weighted by atomic mass is 9.96. The first-order valence-corrected chi connectivity index (χ1v) is 7.88. The second kappa shape index (κ2) is 10.4. The van der Waals surface area contributed by atoms with E-state index in [1.165, 1.54) is 0 Å². The maximum Gasteiger partial charge on any atom is 0.402 e. The van der Waals surface area contributed by atoms with Crippen molar-refractivity contribution >= 4 is 40.0 Å². The summed E-state index contributed by atoms with van der Waals surface area (Å²) in [6.45, 7) is 1.81. The lowest BCUT2D eigenvalue weighted by molar-refractivity contribution is 0.205. The average Bonchev–Trinajstić information content (AvgIpc) is 2.55. The van der Waals surface area contributed by atoms with Crippen molar-refractivity contribution in [1.82, 2.24) is 0 Å². The number of thioether (sulfide) groups is 2. The molecule has 15 heteroatoms. The summed E-state index contributed by atoms with van der Waals surface area (Å²) in [6.07, 6.45) is 2.13. The van der Waals surface area contributed by atoms with E-state index in [0.29, 0.717) is 4.91 Å². The van der Waals surface area contributed by atoms with Crippen LogP contribution in [-0.2, 0) is 0 Å². The number of amidine groups is 2. The molecule has 1 rings (SSSR count). The highest BCUT2D eigenvalue weighted by Crippen LogP contribution is 2.37. The van der Waals surface area contributed by atoms with Crippen molar-refractivity contribution in [2.24, 2.45) is 49.3 Å². The molecule has 13 nitrogen and oxygen atoms in total. The summed E-state index contributed by atoms with van der Waals surface area (Å²) in [7, 11) is 0. The third-order valence-electron chi connectivity index (χ3n) is 2.60. The second-order valence-electron chi connectivity index (χ2n) is 4.36. The molecule has 13 N–H and O–H groups in total. The largest absolute Gasteiger partial charge is 0.465 e. The Labute approximate surface area is 151 Å². The number of primary amides is 1. The molecule has 0 aromatic carbocycles. The van der Waals surface area contributed by atoms with E-state index in [2.05, 4.69) is 26.2 Å². The molecule has 0 saturated carbocycles. The fourth-order valence-electron chi connectivity index (χ4n) is 1.60. The predicted molar refractivity (Wildman–Crippen MR) is 97.7 cm³/mol. The van der Waals surface area contributed by atoms with Crippen LogP contribution in [0.4, 0.5) is 4.79 Å². The Morgan fingerprint density at radius 2 is 1.76 bits per heavy atom. The molecule has 1 aliphatic rings. The van der Waals surface area contributed by atoms with Gasteiger partial charge in [-0.15, -0.1) is 10.2 Å². The Kier molecular flexibility index (Phi) is 9.36. The molecule has 2 unspecified atom stereocenters. The number of nitrogens with two attached hydrogens (primary N) is 5. The highest BCUT2D eigenvalue weighted by Gasteiger charge is 2.37. The fourth-order valence-corrected chi connectivity index (χ4v) is 3.39. The fraction of sp³-hybridized carbons (Fsp3) is 0.300. The normalized spacial score (nSPS) is 23.6. The van der Waals surface area contributed by atoms with Crippen LogP contribution in [-0.4, -0.2) is 32.4 Å². The van der Waals surface area contributed by atoms with Gasteiger partial charge in [0.05, 0.1) is 6.04 Å². The second-order valence-corrected chi connectivity index (χ2v) is 6.67. The smallest absolute Gasteiger partial charge is 0.402 e. The first-order chi connectivity index (χ1) is 11.6. The number of hydrogen-bond donors (Lipinski definition) is 8. The lowest BCUT2D eigenvalue weighted by Gasteiger charge is -2.35. The van der Waals surface area contributed by atoms with E-state index in [4.69, 9.17) is 44.1 Å². The number of carbonyl (C=O) groups is 1. The zero-order valence-corrected chi connectivity index (χ0v) is 14.7. The molecule has 0 aromatic heterocycles. The molecule has 25 heavy (non-hydrogen) atoms. The number of hydrazone groups is 2. The van der Waals surface area contributed by atoms with Crippen molar-refractivity contribution in [3.05, 3.63) is 22.6 Å². The van der Waals surface area contributed by atoms with Gasteiger partial charge in [0.15, 0.2) is 0 Å². The van der Waals surface area contributed by atoms with E-state index in [0.717, 1.165) is 29.1 Å². The molecule has 0 fully saturated rings.